The second-order valence-corrected chi connectivity index (χ2v) is 4.71. The summed E-state index contributed by atoms with van der Waals surface area (Å²) in [7, 11) is 0. The van der Waals surface area contributed by atoms with E-state index in [4.69, 9.17) is 0 Å². The molecule has 1 aliphatic rings. The van der Waals surface area contributed by atoms with Crippen molar-refractivity contribution in [2.24, 2.45) is 5.92 Å². The number of nitrogens with one attached hydrogen (secondary N) is 3. The second-order valence-electron chi connectivity index (χ2n) is 4.71. The van der Waals surface area contributed by atoms with Gasteiger partial charge in [-0.1, -0.05) is 0 Å². The van der Waals surface area contributed by atoms with Crippen LogP contribution in [-0.2, 0) is 11.0 Å². The highest BCUT2D eigenvalue weighted by molar-refractivity contribution is 5.80. The topological polar surface area (TPSA) is 53.2 Å². The molecule has 7 heteroatoms. The van der Waals surface area contributed by atoms with Crippen molar-refractivity contribution < 1.29 is 18.0 Å². The van der Waals surface area contributed by atoms with Crippen LogP contribution in [-0.4, -0.2) is 19.0 Å². The lowest BCUT2D eigenvalue weighted by Gasteiger charge is -2.22. The summed E-state index contributed by atoms with van der Waals surface area (Å²) in [5.41, 5.74) is 4.86. The highest BCUT2D eigenvalue weighted by atomic mass is 19.4. The Labute approximate surface area is 114 Å². The average molecular weight is 287 g/mol. The average Bonchev–Trinajstić information content (AvgIpc) is 2.45. The smallest absolute Gasteiger partial charge is 0.317 e. The lowest BCUT2D eigenvalue weighted by Crippen LogP contribution is -2.40. The molecular formula is C13H16F3N3O. The van der Waals surface area contributed by atoms with Gasteiger partial charge in [-0.2, -0.15) is 13.2 Å². The monoisotopic (exact) mass is 287 g/mol. The normalized spacial score (nSPS) is 16.8. The summed E-state index contributed by atoms with van der Waals surface area (Å²) in [6, 6.07) is 4.51. The summed E-state index contributed by atoms with van der Waals surface area (Å²) in [6.07, 6.45) is -2.82. The predicted molar refractivity (Wildman–Crippen MR) is 68.8 cm³/mol. The zero-order valence-electron chi connectivity index (χ0n) is 10.8. The predicted octanol–water partition coefficient (Wildman–Crippen LogP) is 2.15. The molecule has 0 aromatic heterocycles. The number of piperidine rings is 1. The molecule has 3 N–H and O–H groups in total. The fourth-order valence-corrected chi connectivity index (χ4v) is 2.06. The Morgan fingerprint density at radius 2 is 1.75 bits per heavy atom. The van der Waals surface area contributed by atoms with Gasteiger partial charge in [-0.25, -0.2) is 0 Å². The number of anilines is 1. The molecule has 2 rings (SSSR count). The molecule has 1 aromatic carbocycles. The van der Waals surface area contributed by atoms with E-state index < -0.39 is 11.7 Å². The minimum atomic E-state index is -4.35. The van der Waals surface area contributed by atoms with Crippen molar-refractivity contribution in [2.75, 3.05) is 18.5 Å². The van der Waals surface area contributed by atoms with Gasteiger partial charge in [0.25, 0.3) is 0 Å². The van der Waals surface area contributed by atoms with E-state index in [-0.39, 0.29) is 11.8 Å². The molecule has 0 atom stereocenters. The maximum absolute atomic E-state index is 12.4. The van der Waals surface area contributed by atoms with E-state index in [1.807, 2.05) is 0 Å². The lowest BCUT2D eigenvalue weighted by molar-refractivity contribution is -0.137. The Morgan fingerprint density at radius 3 is 2.30 bits per heavy atom. The van der Waals surface area contributed by atoms with Crippen molar-refractivity contribution in [3.05, 3.63) is 29.8 Å². The van der Waals surface area contributed by atoms with Crippen LogP contribution in [0.1, 0.15) is 18.4 Å². The van der Waals surface area contributed by atoms with Crippen molar-refractivity contribution in [3.63, 3.8) is 0 Å². The van der Waals surface area contributed by atoms with E-state index in [9.17, 15) is 18.0 Å². The Kier molecular flexibility index (Phi) is 4.49. The molecule has 0 spiro atoms. The number of benzene rings is 1. The van der Waals surface area contributed by atoms with Gasteiger partial charge in [0, 0.05) is 5.92 Å². The highest BCUT2D eigenvalue weighted by Crippen LogP contribution is 2.29. The van der Waals surface area contributed by atoms with Crippen LogP contribution in [0.4, 0.5) is 18.9 Å². The highest BCUT2D eigenvalue weighted by Gasteiger charge is 2.30. The number of halogens is 3. The molecular weight excluding hydrogens is 271 g/mol. The van der Waals surface area contributed by atoms with Gasteiger partial charge in [-0.05, 0) is 50.2 Å². The van der Waals surface area contributed by atoms with Crippen LogP contribution in [0.15, 0.2) is 24.3 Å². The van der Waals surface area contributed by atoms with E-state index >= 15 is 0 Å². The molecule has 0 aliphatic carbocycles. The Hall–Kier alpha value is -1.76. The summed E-state index contributed by atoms with van der Waals surface area (Å²) < 4.78 is 37.1. The first-order chi connectivity index (χ1) is 9.47. The largest absolute Gasteiger partial charge is 0.416 e. The van der Waals surface area contributed by atoms with Gasteiger partial charge in [0.1, 0.15) is 0 Å². The first-order valence-corrected chi connectivity index (χ1v) is 6.40. The van der Waals surface area contributed by atoms with Crippen LogP contribution in [0.5, 0.6) is 0 Å². The number of carbonyl (C=O) groups is 1. The maximum Gasteiger partial charge on any atom is 0.416 e. The van der Waals surface area contributed by atoms with Crippen molar-refractivity contribution >= 4 is 11.6 Å². The molecule has 1 fully saturated rings. The summed E-state index contributed by atoms with van der Waals surface area (Å²) in [5.74, 6) is -0.190. The van der Waals surface area contributed by atoms with E-state index in [1.54, 1.807) is 0 Å². The van der Waals surface area contributed by atoms with E-state index in [1.165, 1.54) is 12.1 Å². The number of hydrogen-bond acceptors (Lipinski definition) is 3. The molecule has 20 heavy (non-hydrogen) atoms. The molecule has 0 bridgehead atoms. The van der Waals surface area contributed by atoms with Gasteiger partial charge in [0.2, 0.25) is 5.91 Å². The summed E-state index contributed by atoms with van der Waals surface area (Å²) >= 11 is 0. The summed E-state index contributed by atoms with van der Waals surface area (Å²) in [4.78, 5) is 11.8. The third kappa shape index (κ3) is 3.86. The van der Waals surface area contributed by atoms with Crippen molar-refractivity contribution in [3.8, 4) is 0 Å². The molecule has 1 heterocycles. The van der Waals surface area contributed by atoms with Crippen LogP contribution in [0.25, 0.3) is 0 Å². The fraction of sp³-hybridized carbons (Fsp3) is 0.462. The third-order valence-electron chi connectivity index (χ3n) is 3.25. The lowest BCUT2D eigenvalue weighted by atomic mass is 9.98. The Bertz CT molecular complexity index is 453. The number of carbonyl (C=O) groups excluding carboxylic acids is 1. The van der Waals surface area contributed by atoms with Crippen LogP contribution in [0.3, 0.4) is 0 Å². The first-order valence-electron chi connectivity index (χ1n) is 6.40. The number of hydrazine groups is 1. The molecule has 0 unspecified atom stereocenters. The van der Waals surface area contributed by atoms with Crippen LogP contribution in [0.2, 0.25) is 0 Å². The molecule has 1 saturated heterocycles. The SMILES string of the molecule is O=C(NNc1ccc(C(F)(F)F)cc1)C1CCNCC1. The number of hydrogen-bond donors (Lipinski definition) is 3. The number of amides is 1. The maximum atomic E-state index is 12.4. The standard InChI is InChI=1S/C13H16F3N3O/c14-13(15,16)10-1-3-11(4-2-10)18-19-12(20)9-5-7-17-8-6-9/h1-4,9,17-18H,5-8H2,(H,19,20). The van der Waals surface area contributed by atoms with Gasteiger partial charge in [-0.15, -0.1) is 0 Å². The molecule has 0 radical (unpaired) electrons. The molecule has 110 valence electrons. The van der Waals surface area contributed by atoms with Crippen LogP contribution >= 0.6 is 0 Å². The molecule has 0 saturated carbocycles. The van der Waals surface area contributed by atoms with E-state index in [0.717, 1.165) is 38.1 Å². The summed E-state index contributed by atoms with van der Waals surface area (Å²) in [5, 5.41) is 3.16. The van der Waals surface area contributed by atoms with Gasteiger partial charge >= 0.3 is 6.18 Å². The van der Waals surface area contributed by atoms with Gasteiger partial charge in [0.15, 0.2) is 0 Å². The van der Waals surface area contributed by atoms with Gasteiger partial charge < -0.3 is 5.32 Å². The fourth-order valence-electron chi connectivity index (χ4n) is 2.06. The molecule has 1 amide bonds. The van der Waals surface area contributed by atoms with Crippen molar-refractivity contribution in [1.82, 2.24) is 10.7 Å². The zero-order valence-corrected chi connectivity index (χ0v) is 10.8. The molecule has 1 aromatic rings. The number of rotatable bonds is 3. The Balaban J connectivity index is 1.86. The third-order valence-corrected chi connectivity index (χ3v) is 3.25. The van der Waals surface area contributed by atoms with Crippen LogP contribution < -0.4 is 16.2 Å². The first kappa shape index (κ1) is 14.6. The van der Waals surface area contributed by atoms with Gasteiger partial charge in [-0.3, -0.25) is 15.6 Å². The van der Waals surface area contributed by atoms with E-state index in [0.29, 0.717) is 5.69 Å². The summed E-state index contributed by atoms with van der Waals surface area (Å²) in [6.45, 7) is 1.61. The van der Waals surface area contributed by atoms with Crippen LogP contribution in [0, 0.1) is 5.92 Å². The molecule has 4 nitrogen and oxygen atoms in total. The van der Waals surface area contributed by atoms with E-state index in [2.05, 4.69) is 16.2 Å². The van der Waals surface area contributed by atoms with Crippen molar-refractivity contribution in [2.45, 2.75) is 19.0 Å². The van der Waals surface area contributed by atoms with Gasteiger partial charge in [0.05, 0.1) is 11.3 Å². The quantitative estimate of drug-likeness (QED) is 0.747. The minimum Gasteiger partial charge on any atom is -0.317 e. The Morgan fingerprint density at radius 1 is 1.15 bits per heavy atom. The second kappa shape index (κ2) is 6.13. The zero-order chi connectivity index (χ0) is 14.6. The van der Waals surface area contributed by atoms with Crippen molar-refractivity contribution in [1.29, 1.82) is 0 Å². The number of alkyl halides is 3. The minimum absolute atomic E-state index is 0.0572. The molecule has 1 aliphatic heterocycles.